The first-order chi connectivity index (χ1) is 11.2. The molecule has 3 rings (SSSR count). The van der Waals surface area contributed by atoms with Gasteiger partial charge in [-0.3, -0.25) is 0 Å². The molecule has 2 heterocycles. The van der Waals surface area contributed by atoms with Crippen LogP contribution < -0.4 is 10.1 Å². The molecule has 1 fully saturated rings. The summed E-state index contributed by atoms with van der Waals surface area (Å²) in [4.78, 5) is 21.7. The highest BCUT2D eigenvalue weighted by Gasteiger charge is 2.24. The summed E-state index contributed by atoms with van der Waals surface area (Å²) in [6.45, 7) is 1.10. The Morgan fingerprint density at radius 3 is 2.74 bits per heavy atom. The highest BCUT2D eigenvalue weighted by molar-refractivity contribution is 5.89. The van der Waals surface area contributed by atoms with Gasteiger partial charge in [-0.1, -0.05) is 12.1 Å². The molecule has 2 amide bonds. The van der Waals surface area contributed by atoms with E-state index in [0.717, 1.165) is 0 Å². The number of aromatic nitrogens is 2. The third kappa shape index (κ3) is 3.94. The molecule has 120 valence electrons. The van der Waals surface area contributed by atoms with Crippen LogP contribution in [0.25, 0.3) is 0 Å². The Morgan fingerprint density at radius 2 is 2.04 bits per heavy atom. The molecule has 0 bridgehead atoms. The molecule has 23 heavy (non-hydrogen) atoms. The van der Waals surface area contributed by atoms with Gasteiger partial charge in [-0.05, 0) is 12.1 Å². The summed E-state index contributed by atoms with van der Waals surface area (Å²) in [5, 5.41) is 2.60. The topological polar surface area (TPSA) is 67.4 Å². The summed E-state index contributed by atoms with van der Waals surface area (Å²) in [5.41, 5.74) is 0.192. The van der Waals surface area contributed by atoms with Crippen LogP contribution in [0.3, 0.4) is 0 Å². The van der Waals surface area contributed by atoms with E-state index in [1.807, 2.05) is 0 Å². The second-order valence-electron chi connectivity index (χ2n) is 5.26. The molecule has 0 aliphatic carbocycles. The molecule has 1 saturated heterocycles. The van der Waals surface area contributed by atoms with Crippen molar-refractivity contribution >= 4 is 11.7 Å². The van der Waals surface area contributed by atoms with E-state index in [9.17, 15) is 9.18 Å². The number of amides is 2. The van der Waals surface area contributed by atoms with Gasteiger partial charge < -0.3 is 15.0 Å². The number of benzene rings is 1. The number of anilines is 1. The number of ether oxygens (including phenoxy) is 1. The first kappa shape index (κ1) is 15.2. The van der Waals surface area contributed by atoms with E-state index in [-0.39, 0.29) is 17.8 Å². The van der Waals surface area contributed by atoms with Crippen LogP contribution in [0.15, 0.2) is 42.9 Å². The average molecular weight is 316 g/mol. The second-order valence-corrected chi connectivity index (χ2v) is 5.26. The Labute approximate surface area is 133 Å². The number of likely N-dealkylation sites (tertiary alicyclic amines) is 1. The summed E-state index contributed by atoms with van der Waals surface area (Å²) in [6, 6.07) is 7.53. The highest BCUT2D eigenvalue weighted by atomic mass is 19.1. The minimum atomic E-state index is -0.442. The smallest absolute Gasteiger partial charge is 0.321 e. The zero-order valence-corrected chi connectivity index (χ0v) is 12.5. The van der Waals surface area contributed by atoms with Crippen molar-refractivity contribution in [2.75, 3.05) is 18.4 Å². The number of urea groups is 1. The molecule has 0 saturated carbocycles. The Bertz CT molecular complexity index is 660. The standard InChI is InChI=1S/C16H17FN4O2/c17-13-3-1-2-4-14(13)20-16(22)21-9-6-12(7-10-21)23-15-5-8-18-11-19-15/h1-5,8,11-12H,6-7,9-10H2,(H,20,22). The number of carbonyl (C=O) groups excluding carboxylic acids is 1. The summed E-state index contributed by atoms with van der Waals surface area (Å²) >= 11 is 0. The molecule has 0 spiro atoms. The monoisotopic (exact) mass is 316 g/mol. The van der Waals surface area contributed by atoms with Gasteiger partial charge in [0.15, 0.2) is 0 Å². The number of carbonyl (C=O) groups is 1. The first-order valence-corrected chi connectivity index (χ1v) is 7.45. The predicted molar refractivity (Wildman–Crippen MR) is 82.7 cm³/mol. The number of nitrogens with zero attached hydrogens (tertiary/aromatic N) is 3. The average Bonchev–Trinajstić information content (AvgIpc) is 2.58. The Morgan fingerprint density at radius 1 is 1.26 bits per heavy atom. The molecular weight excluding hydrogens is 299 g/mol. The number of rotatable bonds is 3. The fraction of sp³-hybridized carbons (Fsp3) is 0.312. The van der Waals surface area contributed by atoms with E-state index in [1.54, 1.807) is 29.3 Å². The zero-order chi connectivity index (χ0) is 16.1. The molecule has 0 atom stereocenters. The van der Waals surface area contributed by atoms with Crippen molar-refractivity contribution in [1.82, 2.24) is 14.9 Å². The number of halogens is 1. The molecule has 0 radical (unpaired) electrons. The lowest BCUT2D eigenvalue weighted by atomic mass is 10.1. The highest BCUT2D eigenvalue weighted by Crippen LogP contribution is 2.18. The lowest BCUT2D eigenvalue weighted by molar-refractivity contribution is 0.111. The van der Waals surface area contributed by atoms with Crippen LogP contribution in [-0.4, -0.2) is 40.1 Å². The van der Waals surface area contributed by atoms with Crippen LogP contribution in [-0.2, 0) is 0 Å². The van der Waals surface area contributed by atoms with Crippen molar-refractivity contribution in [3.05, 3.63) is 48.7 Å². The number of hydrogen-bond acceptors (Lipinski definition) is 4. The van der Waals surface area contributed by atoms with E-state index in [2.05, 4.69) is 15.3 Å². The van der Waals surface area contributed by atoms with Crippen LogP contribution in [0, 0.1) is 5.82 Å². The third-order valence-corrected chi connectivity index (χ3v) is 3.69. The molecule has 1 aliphatic heterocycles. The lowest BCUT2D eigenvalue weighted by Crippen LogP contribution is -2.43. The van der Waals surface area contributed by atoms with Gasteiger partial charge in [0.1, 0.15) is 18.2 Å². The van der Waals surface area contributed by atoms with Crippen LogP contribution >= 0.6 is 0 Å². The molecule has 7 heteroatoms. The van der Waals surface area contributed by atoms with Crippen LogP contribution in [0.1, 0.15) is 12.8 Å². The van der Waals surface area contributed by atoms with Crippen molar-refractivity contribution in [2.45, 2.75) is 18.9 Å². The van der Waals surface area contributed by atoms with Crippen molar-refractivity contribution in [2.24, 2.45) is 0 Å². The van der Waals surface area contributed by atoms with Crippen molar-refractivity contribution in [3.63, 3.8) is 0 Å². The summed E-state index contributed by atoms with van der Waals surface area (Å²) in [6.07, 6.45) is 4.48. The van der Waals surface area contributed by atoms with E-state index < -0.39 is 5.82 Å². The molecule has 1 aliphatic rings. The van der Waals surface area contributed by atoms with Crippen molar-refractivity contribution in [1.29, 1.82) is 0 Å². The molecule has 1 aromatic heterocycles. The number of hydrogen-bond donors (Lipinski definition) is 1. The van der Waals surface area contributed by atoms with Gasteiger partial charge in [0.05, 0.1) is 5.69 Å². The fourth-order valence-electron chi connectivity index (χ4n) is 2.45. The van der Waals surface area contributed by atoms with Crippen LogP contribution in [0.2, 0.25) is 0 Å². The number of para-hydroxylation sites is 1. The SMILES string of the molecule is O=C(Nc1ccccc1F)N1CCC(Oc2ccncn2)CC1. The minimum Gasteiger partial charge on any atom is -0.474 e. The van der Waals surface area contributed by atoms with Crippen LogP contribution in [0.5, 0.6) is 5.88 Å². The predicted octanol–water partition coefficient (Wildman–Crippen LogP) is 2.69. The molecule has 6 nitrogen and oxygen atoms in total. The molecule has 1 aromatic carbocycles. The third-order valence-electron chi connectivity index (χ3n) is 3.69. The lowest BCUT2D eigenvalue weighted by Gasteiger charge is -2.31. The van der Waals surface area contributed by atoms with E-state index in [1.165, 1.54) is 18.5 Å². The van der Waals surface area contributed by atoms with Gasteiger partial charge in [0, 0.05) is 38.2 Å². The largest absolute Gasteiger partial charge is 0.474 e. The van der Waals surface area contributed by atoms with Gasteiger partial charge >= 0.3 is 6.03 Å². The van der Waals surface area contributed by atoms with Crippen molar-refractivity contribution < 1.29 is 13.9 Å². The molecule has 2 aromatic rings. The quantitative estimate of drug-likeness (QED) is 0.945. The maximum absolute atomic E-state index is 13.6. The summed E-state index contributed by atoms with van der Waals surface area (Å²) in [7, 11) is 0. The fourth-order valence-corrected chi connectivity index (χ4v) is 2.45. The Balaban J connectivity index is 1.50. The van der Waals surface area contributed by atoms with Gasteiger partial charge in [-0.2, -0.15) is 0 Å². The summed E-state index contributed by atoms with van der Waals surface area (Å²) in [5.74, 6) is 0.0945. The molecular formula is C16H17FN4O2. The normalized spacial score (nSPS) is 15.3. The minimum absolute atomic E-state index is 0.0161. The summed E-state index contributed by atoms with van der Waals surface area (Å²) < 4.78 is 19.3. The molecule has 1 N–H and O–H groups in total. The Hall–Kier alpha value is -2.70. The second kappa shape index (κ2) is 7.04. The van der Waals surface area contributed by atoms with E-state index >= 15 is 0 Å². The van der Waals surface area contributed by atoms with E-state index in [0.29, 0.717) is 31.8 Å². The van der Waals surface area contributed by atoms with Crippen molar-refractivity contribution in [3.8, 4) is 5.88 Å². The van der Waals surface area contributed by atoms with Gasteiger partial charge in [-0.15, -0.1) is 0 Å². The Kier molecular flexibility index (Phi) is 4.65. The number of nitrogens with one attached hydrogen (secondary N) is 1. The first-order valence-electron chi connectivity index (χ1n) is 7.45. The zero-order valence-electron chi connectivity index (χ0n) is 12.5. The van der Waals surface area contributed by atoms with Gasteiger partial charge in [0.2, 0.25) is 5.88 Å². The van der Waals surface area contributed by atoms with Gasteiger partial charge in [0.25, 0.3) is 0 Å². The van der Waals surface area contributed by atoms with Gasteiger partial charge in [-0.25, -0.2) is 19.2 Å². The van der Waals surface area contributed by atoms with E-state index in [4.69, 9.17) is 4.74 Å². The maximum atomic E-state index is 13.6. The number of piperidine rings is 1. The van der Waals surface area contributed by atoms with Crippen LogP contribution in [0.4, 0.5) is 14.9 Å². The molecule has 0 unspecified atom stereocenters. The maximum Gasteiger partial charge on any atom is 0.321 e.